The van der Waals surface area contributed by atoms with E-state index in [1.54, 1.807) is 0 Å². The van der Waals surface area contributed by atoms with Gasteiger partial charge in [0.1, 0.15) is 24.4 Å². The number of oxazole rings is 1. The molecule has 0 radical (unpaired) electrons. The number of hydrogen-bond acceptors (Lipinski definition) is 5. The van der Waals surface area contributed by atoms with Crippen LogP contribution in [0.15, 0.2) is 52.5 Å². The highest BCUT2D eigenvalue weighted by Gasteiger charge is 2.11. The van der Waals surface area contributed by atoms with Gasteiger partial charge in [-0.2, -0.15) is 0 Å². The van der Waals surface area contributed by atoms with Crippen LogP contribution in [0.25, 0.3) is 10.8 Å². The largest absolute Gasteiger partial charge is 0.455 e. The number of carbonyl (C=O) groups excluding carboxylic acids is 1. The van der Waals surface area contributed by atoms with Crippen LogP contribution >= 0.6 is 11.3 Å². The van der Waals surface area contributed by atoms with E-state index in [-0.39, 0.29) is 12.2 Å². The molecule has 106 valence electrons. The summed E-state index contributed by atoms with van der Waals surface area (Å²) in [5.74, 6) is -0.595. The second-order valence-electron chi connectivity index (χ2n) is 4.21. The lowest BCUT2D eigenvalue weighted by atomic mass is 10.2. The van der Waals surface area contributed by atoms with Crippen LogP contribution in [0.4, 0.5) is 4.39 Å². The van der Waals surface area contributed by atoms with Gasteiger partial charge in [-0.25, -0.2) is 14.2 Å². The maximum absolute atomic E-state index is 13.0. The summed E-state index contributed by atoms with van der Waals surface area (Å²) in [6.07, 6.45) is 1.44. The van der Waals surface area contributed by atoms with E-state index in [0.29, 0.717) is 11.6 Å². The fourth-order valence-electron chi connectivity index (χ4n) is 1.72. The number of rotatable bonds is 4. The van der Waals surface area contributed by atoms with Gasteiger partial charge in [0.15, 0.2) is 0 Å². The van der Waals surface area contributed by atoms with E-state index in [9.17, 15) is 9.18 Å². The molecule has 0 aliphatic rings. The Morgan fingerprint density at radius 2 is 2.24 bits per heavy atom. The van der Waals surface area contributed by atoms with E-state index in [1.807, 2.05) is 17.5 Å². The molecule has 3 aromatic rings. The third kappa shape index (κ3) is 3.17. The SMILES string of the molecule is O=C(OCc1coc(-c2cccs2)n1)c1cccc(F)c1. The molecule has 2 heterocycles. The predicted molar refractivity (Wildman–Crippen MR) is 75.3 cm³/mol. The average molecular weight is 303 g/mol. The van der Waals surface area contributed by atoms with Crippen LogP contribution in [0.3, 0.4) is 0 Å². The third-order valence-corrected chi connectivity index (χ3v) is 3.55. The first-order chi connectivity index (χ1) is 10.2. The van der Waals surface area contributed by atoms with E-state index < -0.39 is 11.8 Å². The van der Waals surface area contributed by atoms with Crippen molar-refractivity contribution in [3.05, 3.63) is 65.1 Å². The summed E-state index contributed by atoms with van der Waals surface area (Å²) in [6.45, 7) is -0.0236. The molecule has 6 heteroatoms. The lowest BCUT2D eigenvalue weighted by molar-refractivity contribution is 0.0467. The van der Waals surface area contributed by atoms with E-state index in [2.05, 4.69) is 4.98 Å². The maximum atomic E-state index is 13.0. The lowest BCUT2D eigenvalue weighted by Gasteiger charge is -2.02. The Kier molecular flexibility index (Phi) is 3.79. The number of aromatic nitrogens is 1. The quantitative estimate of drug-likeness (QED) is 0.686. The molecule has 0 spiro atoms. The minimum atomic E-state index is -0.602. The summed E-state index contributed by atoms with van der Waals surface area (Å²) in [7, 11) is 0. The zero-order chi connectivity index (χ0) is 14.7. The minimum Gasteiger partial charge on any atom is -0.455 e. The highest BCUT2D eigenvalue weighted by Crippen LogP contribution is 2.23. The first kappa shape index (κ1) is 13.5. The molecule has 1 aromatic carbocycles. The number of thiophene rings is 1. The standard InChI is InChI=1S/C15H10FNO3S/c16-11-4-1-3-10(7-11)15(18)20-9-12-8-19-14(17-12)13-5-2-6-21-13/h1-8H,9H2. The van der Waals surface area contributed by atoms with Gasteiger partial charge >= 0.3 is 5.97 Å². The van der Waals surface area contributed by atoms with E-state index >= 15 is 0 Å². The number of esters is 1. The van der Waals surface area contributed by atoms with Gasteiger partial charge in [-0.3, -0.25) is 0 Å². The number of halogens is 1. The van der Waals surface area contributed by atoms with Gasteiger partial charge in [-0.15, -0.1) is 11.3 Å². The van der Waals surface area contributed by atoms with Crippen molar-refractivity contribution in [1.29, 1.82) is 0 Å². The fraction of sp³-hybridized carbons (Fsp3) is 0.0667. The van der Waals surface area contributed by atoms with Gasteiger partial charge in [0.25, 0.3) is 0 Å². The van der Waals surface area contributed by atoms with E-state index in [0.717, 1.165) is 10.9 Å². The Hall–Kier alpha value is -2.47. The van der Waals surface area contributed by atoms with Crippen LogP contribution < -0.4 is 0 Å². The van der Waals surface area contributed by atoms with Crippen molar-refractivity contribution in [2.45, 2.75) is 6.61 Å². The summed E-state index contributed by atoms with van der Waals surface area (Å²) in [6, 6.07) is 9.12. The third-order valence-electron chi connectivity index (χ3n) is 2.70. The smallest absolute Gasteiger partial charge is 0.338 e. The monoisotopic (exact) mass is 303 g/mol. The molecule has 0 amide bonds. The van der Waals surface area contributed by atoms with Crippen LogP contribution in [0.1, 0.15) is 16.1 Å². The fourth-order valence-corrected chi connectivity index (χ4v) is 2.38. The summed E-state index contributed by atoms with van der Waals surface area (Å²) in [4.78, 5) is 16.9. The van der Waals surface area contributed by atoms with Gasteiger partial charge in [0.2, 0.25) is 5.89 Å². The first-order valence-electron chi connectivity index (χ1n) is 6.13. The Morgan fingerprint density at radius 1 is 1.33 bits per heavy atom. The van der Waals surface area contributed by atoms with Crippen molar-refractivity contribution < 1.29 is 18.3 Å². The molecular formula is C15H10FNO3S. The average Bonchev–Trinajstić information content (AvgIpc) is 3.15. The molecule has 0 saturated heterocycles. The lowest BCUT2D eigenvalue weighted by Crippen LogP contribution is -2.05. The van der Waals surface area contributed by atoms with Crippen LogP contribution in [0.5, 0.6) is 0 Å². The van der Waals surface area contributed by atoms with Gasteiger partial charge in [-0.1, -0.05) is 12.1 Å². The molecule has 0 atom stereocenters. The molecule has 4 nitrogen and oxygen atoms in total. The van der Waals surface area contributed by atoms with E-state index in [1.165, 1.54) is 35.8 Å². The molecule has 0 aliphatic carbocycles. The predicted octanol–water partition coefficient (Wildman–Crippen LogP) is 3.90. The molecule has 0 N–H and O–H groups in total. The molecule has 0 bridgehead atoms. The molecule has 0 aliphatic heterocycles. The molecule has 0 fully saturated rings. The zero-order valence-electron chi connectivity index (χ0n) is 10.8. The van der Waals surface area contributed by atoms with E-state index in [4.69, 9.17) is 9.15 Å². The summed E-state index contributed by atoms with van der Waals surface area (Å²) >= 11 is 1.51. The number of nitrogens with zero attached hydrogens (tertiary/aromatic N) is 1. The second-order valence-corrected chi connectivity index (χ2v) is 5.16. The Balaban J connectivity index is 1.64. The van der Waals surface area contributed by atoms with Gasteiger partial charge < -0.3 is 9.15 Å². The maximum Gasteiger partial charge on any atom is 0.338 e. The van der Waals surface area contributed by atoms with Crippen molar-refractivity contribution in [2.24, 2.45) is 0 Å². The van der Waals surface area contributed by atoms with Crippen LogP contribution in [0.2, 0.25) is 0 Å². The molecule has 21 heavy (non-hydrogen) atoms. The zero-order valence-corrected chi connectivity index (χ0v) is 11.6. The Morgan fingerprint density at radius 3 is 3.00 bits per heavy atom. The molecular weight excluding hydrogens is 293 g/mol. The van der Waals surface area contributed by atoms with Crippen molar-refractivity contribution in [3.8, 4) is 10.8 Å². The minimum absolute atomic E-state index is 0.0236. The van der Waals surface area contributed by atoms with Crippen molar-refractivity contribution in [2.75, 3.05) is 0 Å². The summed E-state index contributed by atoms with van der Waals surface area (Å²) in [5, 5.41) is 1.92. The van der Waals surface area contributed by atoms with Crippen LogP contribution in [0, 0.1) is 5.82 Å². The molecule has 0 unspecified atom stereocenters. The Labute approximate surface area is 123 Å². The van der Waals surface area contributed by atoms with Crippen molar-refractivity contribution >= 4 is 17.3 Å². The highest BCUT2D eigenvalue weighted by molar-refractivity contribution is 7.13. The summed E-state index contributed by atoms with van der Waals surface area (Å²) in [5.41, 5.74) is 0.667. The van der Waals surface area contributed by atoms with Gasteiger partial charge in [-0.05, 0) is 29.6 Å². The van der Waals surface area contributed by atoms with Crippen LogP contribution in [-0.2, 0) is 11.3 Å². The number of carbonyl (C=O) groups is 1. The van der Waals surface area contributed by atoms with Crippen molar-refractivity contribution in [1.82, 2.24) is 4.98 Å². The van der Waals surface area contributed by atoms with Crippen LogP contribution in [-0.4, -0.2) is 11.0 Å². The normalized spacial score (nSPS) is 10.5. The Bertz CT molecular complexity index is 752. The van der Waals surface area contributed by atoms with Crippen molar-refractivity contribution in [3.63, 3.8) is 0 Å². The first-order valence-corrected chi connectivity index (χ1v) is 7.01. The summed E-state index contributed by atoms with van der Waals surface area (Å²) < 4.78 is 23.4. The number of ether oxygens (including phenoxy) is 1. The molecule has 0 saturated carbocycles. The van der Waals surface area contributed by atoms with Gasteiger partial charge in [0, 0.05) is 0 Å². The number of hydrogen-bond donors (Lipinski definition) is 0. The molecule has 2 aromatic heterocycles. The van der Waals surface area contributed by atoms with Gasteiger partial charge in [0.05, 0.1) is 10.4 Å². The highest BCUT2D eigenvalue weighted by atomic mass is 32.1. The number of benzene rings is 1. The molecule has 3 rings (SSSR count). The topological polar surface area (TPSA) is 52.3 Å². The second kappa shape index (κ2) is 5.88.